The Hall–Kier alpha value is -2.62. The second-order valence-corrected chi connectivity index (χ2v) is 6.79. The number of aryl methyl sites for hydroxylation is 1. The Labute approximate surface area is 165 Å². The van der Waals surface area contributed by atoms with E-state index in [2.05, 4.69) is 20.5 Å². The van der Waals surface area contributed by atoms with Gasteiger partial charge in [-0.1, -0.05) is 30.3 Å². The van der Waals surface area contributed by atoms with Crippen LogP contribution < -0.4 is 15.4 Å². The van der Waals surface area contributed by atoms with Gasteiger partial charge in [-0.15, -0.1) is 11.8 Å². The molecular weight excluding hydrogens is 392 g/mol. The van der Waals surface area contributed by atoms with Gasteiger partial charge in [-0.25, -0.2) is 0 Å². The number of thioether (sulfide) groups is 1. The second-order valence-electron chi connectivity index (χ2n) is 5.81. The molecule has 1 aromatic carbocycles. The number of aromatic nitrogens is 1. The van der Waals surface area contributed by atoms with Crippen molar-refractivity contribution < 1.29 is 27.6 Å². The summed E-state index contributed by atoms with van der Waals surface area (Å²) in [4.78, 5) is 24.0. The van der Waals surface area contributed by atoms with Crippen LogP contribution in [0.3, 0.4) is 0 Å². The molecule has 10 heteroatoms. The van der Waals surface area contributed by atoms with Crippen LogP contribution in [0.1, 0.15) is 30.7 Å². The van der Waals surface area contributed by atoms with E-state index in [1.54, 1.807) is 31.2 Å². The summed E-state index contributed by atoms with van der Waals surface area (Å²) in [5, 5.41) is 8.99. The minimum Gasteiger partial charge on any atom is -0.434 e. The molecule has 2 rings (SSSR count). The van der Waals surface area contributed by atoms with Gasteiger partial charge in [0.1, 0.15) is 11.5 Å². The molecular formula is C18H21F2N3O4S. The first-order valence-electron chi connectivity index (χ1n) is 8.53. The maximum Gasteiger partial charge on any atom is 0.387 e. The Morgan fingerprint density at radius 3 is 2.61 bits per heavy atom. The number of ether oxygens (including phenoxy) is 1. The van der Waals surface area contributed by atoms with Crippen LogP contribution in [-0.2, 0) is 9.59 Å². The number of benzene rings is 1. The third kappa shape index (κ3) is 6.84. The van der Waals surface area contributed by atoms with Crippen molar-refractivity contribution in [3.05, 3.63) is 41.7 Å². The molecule has 0 aliphatic heterocycles. The minimum absolute atomic E-state index is 0.0274. The van der Waals surface area contributed by atoms with Crippen LogP contribution >= 0.6 is 11.8 Å². The van der Waals surface area contributed by atoms with Crippen LogP contribution in [0.15, 0.2) is 34.9 Å². The number of hydrogen-bond donors (Lipinski definition) is 2. The van der Waals surface area contributed by atoms with E-state index in [1.165, 1.54) is 6.07 Å². The minimum atomic E-state index is -2.95. The quantitative estimate of drug-likeness (QED) is 0.619. The highest BCUT2D eigenvalue weighted by atomic mass is 32.2. The van der Waals surface area contributed by atoms with Gasteiger partial charge in [-0.3, -0.25) is 9.59 Å². The van der Waals surface area contributed by atoms with Crippen molar-refractivity contribution in [1.82, 2.24) is 10.5 Å². The van der Waals surface area contributed by atoms with E-state index in [4.69, 9.17) is 4.52 Å². The number of nitrogens with one attached hydrogen (secondary N) is 2. The zero-order chi connectivity index (χ0) is 20.5. The third-order valence-electron chi connectivity index (χ3n) is 3.62. The molecule has 28 heavy (non-hydrogen) atoms. The van der Waals surface area contributed by atoms with Gasteiger partial charge in [0, 0.05) is 11.6 Å². The largest absolute Gasteiger partial charge is 0.434 e. The Bertz CT molecular complexity index is 801. The first-order valence-corrected chi connectivity index (χ1v) is 9.68. The molecule has 2 amide bonds. The fourth-order valence-corrected chi connectivity index (χ4v) is 3.08. The topological polar surface area (TPSA) is 93.5 Å². The van der Waals surface area contributed by atoms with E-state index in [0.29, 0.717) is 23.6 Å². The van der Waals surface area contributed by atoms with Gasteiger partial charge in [0.05, 0.1) is 17.5 Å². The standard InChI is InChI=1S/C18H21F2N3O4S/c1-3-13(12-6-4-5-7-14(12)26-18(19)20)21-16(24)9-28-10-17(25)22-15-8-11(2)27-23-15/h4-8,13,18H,3,9-10H2,1-2H3,(H,21,24)(H,22,23,25). The van der Waals surface area contributed by atoms with E-state index in [-0.39, 0.29) is 29.1 Å². The molecule has 1 heterocycles. The molecule has 2 aromatic rings. The summed E-state index contributed by atoms with van der Waals surface area (Å²) in [6.07, 6.45) is 0.492. The Kier molecular flexibility index (Phi) is 8.24. The van der Waals surface area contributed by atoms with E-state index < -0.39 is 12.7 Å². The number of amides is 2. The van der Waals surface area contributed by atoms with Crippen LogP contribution in [0.2, 0.25) is 0 Å². The molecule has 1 atom stereocenters. The first-order chi connectivity index (χ1) is 13.4. The van der Waals surface area contributed by atoms with Crippen LogP contribution in [0, 0.1) is 6.92 Å². The van der Waals surface area contributed by atoms with Crippen LogP contribution in [-0.4, -0.2) is 35.1 Å². The monoisotopic (exact) mass is 413 g/mol. The Morgan fingerprint density at radius 1 is 1.25 bits per heavy atom. The number of hydrogen-bond acceptors (Lipinski definition) is 6. The molecule has 1 aromatic heterocycles. The van der Waals surface area contributed by atoms with Gasteiger partial charge in [0.15, 0.2) is 5.82 Å². The number of halogens is 2. The highest BCUT2D eigenvalue weighted by Gasteiger charge is 2.19. The number of rotatable bonds is 10. The van der Waals surface area contributed by atoms with Crippen molar-refractivity contribution in [3.63, 3.8) is 0 Å². The number of alkyl halides is 2. The van der Waals surface area contributed by atoms with Gasteiger partial charge >= 0.3 is 6.61 Å². The Balaban J connectivity index is 1.83. The highest BCUT2D eigenvalue weighted by Crippen LogP contribution is 2.28. The average Bonchev–Trinajstić information content (AvgIpc) is 3.04. The average molecular weight is 413 g/mol. The summed E-state index contributed by atoms with van der Waals surface area (Å²) in [6, 6.07) is 7.44. The molecule has 0 fully saturated rings. The predicted molar refractivity (Wildman–Crippen MR) is 101 cm³/mol. The smallest absolute Gasteiger partial charge is 0.387 e. The number of para-hydroxylation sites is 1. The molecule has 0 saturated carbocycles. The predicted octanol–water partition coefficient (Wildman–Crippen LogP) is 3.52. The van der Waals surface area contributed by atoms with Crippen molar-refractivity contribution in [1.29, 1.82) is 0 Å². The van der Waals surface area contributed by atoms with Crippen molar-refractivity contribution in [3.8, 4) is 5.75 Å². The normalized spacial score (nSPS) is 11.9. The molecule has 0 spiro atoms. The van der Waals surface area contributed by atoms with E-state index in [9.17, 15) is 18.4 Å². The lowest BCUT2D eigenvalue weighted by Gasteiger charge is -2.20. The Morgan fingerprint density at radius 2 is 1.96 bits per heavy atom. The summed E-state index contributed by atoms with van der Waals surface area (Å²) < 4.78 is 34.5. The second kappa shape index (κ2) is 10.6. The van der Waals surface area contributed by atoms with Gasteiger partial charge in [0.2, 0.25) is 11.8 Å². The summed E-state index contributed by atoms with van der Waals surface area (Å²) in [6.45, 7) is 0.581. The summed E-state index contributed by atoms with van der Waals surface area (Å²) in [5.74, 6) is 0.390. The first kappa shape index (κ1) is 21.7. The maximum atomic E-state index is 12.6. The maximum absolute atomic E-state index is 12.6. The fraction of sp³-hybridized carbons (Fsp3) is 0.389. The molecule has 1 unspecified atom stereocenters. The third-order valence-corrected chi connectivity index (χ3v) is 4.55. The van der Waals surface area contributed by atoms with Crippen LogP contribution in [0.5, 0.6) is 5.75 Å². The van der Waals surface area contributed by atoms with Gasteiger partial charge in [0.25, 0.3) is 0 Å². The van der Waals surface area contributed by atoms with Gasteiger partial charge < -0.3 is 19.9 Å². The molecule has 7 nitrogen and oxygen atoms in total. The molecule has 0 radical (unpaired) electrons. The molecule has 2 N–H and O–H groups in total. The van der Waals surface area contributed by atoms with Crippen molar-refractivity contribution in [2.24, 2.45) is 0 Å². The molecule has 0 bridgehead atoms. The van der Waals surface area contributed by atoms with Gasteiger partial charge in [-0.05, 0) is 19.4 Å². The van der Waals surface area contributed by atoms with E-state index >= 15 is 0 Å². The lowest BCUT2D eigenvalue weighted by atomic mass is 10.0. The van der Waals surface area contributed by atoms with Crippen LogP contribution in [0.4, 0.5) is 14.6 Å². The summed E-state index contributed by atoms with van der Waals surface area (Å²) >= 11 is 1.12. The van der Waals surface area contributed by atoms with Crippen LogP contribution in [0.25, 0.3) is 0 Å². The lowest BCUT2D eigenvalue weighted by molar-refractivity contribution is -0.119. The summed E-state index contributed by atoms with van der Waals surface area (Å²) in [5.41, 5.74) is 0.475. The van der Waals surface area contributed by atoms with Crippen molar-refractivity contribution in [2.45, 2.75) is 32.9 Å². The zero-order valence-electron chi connectivity index (χ0n) is 15.4. The van der Waals surface area contributed by atoms with Gasteiger partial charge in [-0.2, -0.15) is 8.78 Å². The zero-order valence-corrected chi connectivity index (χ0v) is 16.2. The number of nitrogens with zero attached hydrogens (tertiary/aromatic N) is 1. The number of carbonyl (C=O) groups is 2. The molecule has 0 saturated heterocycles. The fourth-order valence-electron chi connectivity index (χ4n) is 2.45. The van der Waals surface area contributed by atoms with Crippen molar-refractivity contribution in [2.75, 3.05) is 16.8 Å². The summed E-state index contributed by atoms with van der Waals surface area (Å²) in [7, 11) is 0. The van der Waals surface area contributed by atoms with E-state index in [1.807, 2.05) is 6.92 Å². The molecule has 0 aliphatic carbocycles. The highest BCUT2D eigenvalue weighted by molar-refractivity contribution is 8.00. The number of carbonyl (C=O) groups excluding carboxylic acids is 2. The van der Waals surface area contributed by atoms with Crippen molar-refractivity contribution >= 4 is 29.4 Å². The molecule has 0 aliphatic rings. The SMILES string of the molecule is CCC(NC(=O)CSCC(=O)Nc1cc(C)on1)c1ccccc1OC(F)F. The molecule has 152 valence electrons. The number of anilines is 1. The van der Waals surface area contributed by atoms with E-state index in [0.717, 1.165) is 11.8 Å². The lowest BCUT2D eigenvalue weighted by Crippen LogP contribution is -2.30.